The minimum Gasteiger partial charge on any atom is -0.497 e. The fourth-order valence-corrected chi connectivity index (χ4v) is 3.82. The van der Waals surface area contributed by atoms with Gasteiger partial charge in [0.05, 0.1) is 25.2 Å². The Hall–Kier alpha value is -2.09. The van der Waals surface area contributed by atoms with Crippen LogP contribution in [-0.2, 0) is 14.8 Å². The van der Waals surface area contributed by atoms with Gasteiger partial charge in [-0.1, -0.05) is 18.2 Å². The van der Waals surface area contributed by atoms with E-state index in [-0.39, 0.29) is 11.4 Å². The molecule has 1 N–H and O–H groups in total. The molecule has 136 valence electrons. The third-order valence-electron chi connectivity index (χ3n) is 3.90. The molecule has 0 aliphatic carbocycles. The minimum absolute atomic E-state index is 0.0880. The van der Waals surface area contributed by atoms with Crippen LogP contribution in [0.15, 0.2) is 47.4 Å². The van der Waals surface area contributed by atoms with Crippen molar-refractivity contribution in [2.45, 2.75) is 17.9 Å². The zero-order chi connectivity index (χ0) is 18.4. The van der Waals surface area contributed by atoms with Crippen LogP contribution in [0.4, 0.5) is 0 Å². The van der Waals surface area contributed by atoms with Gasteiger partial charge in [-0.15, -0.1) is 0 Å². The number of methoxy groups -OCH3 is 3. The summed E-state index contributed by atoms with van der Waals surface area (Å²) in [4.78, 5) is 0.211. The van der Waals surface area contributed by atoms with Crippen molar-refractivity contribution >= 4 is 10.0 Å². The van der Waals surface area contributed by atoms with E-state index in [4.69, 9.17) is 14.2 Å². The van der Waals surface area contributed by atoms with E-state index < -0.39 is 16.1 Å². The van der Waals surface area contributed by atoms with E-state index in [1.807, 2.05) is 24.3 Å². The van der Waals surface area contributed by atoms with Gasteiger partial charge in [0.1, 0.15) is 11.5 Å². The van der Waals surface area contributed by atoms with Gasteiger partial charge in [-0.2, -0.15) is 0 Å². The van der Waals surface area contributed by atoms with E-state index in [2.05, 4.69) is 4.72 Å². The maximum absolute atomic E-state index is 12.6. The Morgan fingerprint density at radius 2 is 1.76 bits per heavy atom. The molecule has 0 saturated carbocycles. The van der Waals surface area contributed by atoms with Crippen molar-refractivity contribution in [3.63, 3.8) is 0 Å². The average molecular weight is 365 g/mol. The molecule has 0 bridgehead atoms. The lowest BCUT2D eigenvalue weighted by atomic mass is 10.1. The third kappa shape index (κ3) is 4.50. The van der Waals surface area contributed by atoms with Gasteiger partial charge in [0.25, 0.3) is 0 Å². The highest BCUT2D eigenvalue weighted by atomic mass is 32.2. The van der Waals surface area contributed by atoms with Crippen molar-refractivity contribution in [1.29, 1.82) is 0 Å². The number of nitrogens with one attached hydrogen (secondary N) is 1. The molecular weight excluding hydrogens is 342 g/mol. The van der Waals surface area contributed by atoms with Crippen LogP contribution in [0.1, 0.15) is 17.2 Å². The van der Waals surface area contributed by atoms with E-state index in [1.165, 1.54) is 20.3 Å². The van der Waals surface area contributed by atoms with Crippen molar-refractivity contribution < 1.29 is 22.6 Å². The number of benzene rings is 2. The first-order valence-corrected chi connectivity index (χ1v) is 9.21. The van der Waals surface area contributed by atoms with Gasteiger partial charge in [-0.05, 0) is 36.8 Å². The highest BCUT2D eigenvalue weighted by molar-refractivity contribution is 7.89. The van der Waals surface area contributed by atoms with Gasteiger partial charge in [-0.3, -0.25) is 0 Å². The van der Waals surface area contributed by atoms with Crippen molar-refractivity contribution in [2.24, 2.45) is 0 Å². The molecule has 2 rings (SSSR count). The van der Waals surface area contributed by atoms with E-state index in [1.54, 1.807) is 26.2 Å². The Balaban J connectivity index is 2.20. The summed E-state index contributed by atoms with van der Waals surface area (Å²) in [5.41, 5.74) is 1.39. The van der Waals surface area contributed by atoms with Gasteiger partial charge in [0.2, 0.25) is 10.0 Å². The Morgan fingerprint density at radius 3 is 2.36 bits per heavy atom. The Morgan fingerprint density at radius 1 is 1.04 bits per heavy atom. The summed E-state index contributed by atoms with van der Waals surface area (Å²) >= 11 is 0. The first kappa shape index (κ1) is 19.2. The second-order valence-electron chi connectivity index (χ2n) is 5.45. The summed E-state index contributed by atoms with van der Waals surface area (Å²) in [6.07, 6.45) is -0.468. The molecule has 2 aromatic carbocycles. The lowest BCUT2D eigenvalue weighted by Gasteiger charge is -2.19. The number of rotatable bonds is 8. The predicted molar refractivity (Wildman–Crippen MR) is 95.7 cm³/mol. The molecular formula is C18H23NO5S. The molecule has 0 amide bonds. The molecule has 0 aromatic heterocycles. The number of ether oxygens (including phenoxy) is 3. The van der Waals surface area contributed by atoms with Crippen LogP contribution in [0.5, 0.6) is 11.5 Å². The lowest BCUT2D eigenvalue weighted by Crippen LogP contribution is -2.30. The van der Waals surface area contributed by atoms with E-state index in [0.717, 1.165) is 5.56 Å². The summed E-state index contributed by atoms with van der Waals surface area (Å²) in [6.45, 7) is 1.82. The van der Waals surface area contributed by atoms with Gasteiger partial charge in [0.15, 0.2) is 0 Å². The SMILES string of the molecule is COc1ccc(S(=O)(=O)NC[C@H](OC)c2ccccc2OC)c(C)c1. The maximum atomic E-state index is 12.6. The molecule has 0 fully saturated rings. The molecule has 0 unspecified atom stereocenters. The molecule has 25 heavy (non-hydrogen) atoms. The van der Waals surface area contributed by atoms with Gasteiger partial charge in [0, 0.05) is 19.2 Å². The van der Waals surface area contributed by atoms with Crippen LogP contribution in [-0.4, -0.2) is 36.3 Å². The van der Waals surface area contributed by atoms with Crippen LogP contribution < -0.4 is 14.2 Å². The second kappa shape index (κ2) is 8.33. The molecule has 2 aromatic rings. The number of aryl methyl sites for hydroxylation is 1. The number of hydrogen-bond acceptors (Lipinski definition) is 5. The summed E-state index contributed by atoms with van der Waals surface area (Å²) in [7, 11) is 0.962. The summed E-state index contributed by atoms with van der Waals surface area (Å²) in [5.74, 6) is 1.26. The zero-order valence-corrected chi connectivity index (χ0v) is 15.6. The summed E-state index contributed by atoms with van der Waals surface area (Å²) in [5, 5.41) is 0. The molecule has 0 heterocycles. The second-order valence-corrected chi connectivity index (χ2v) is 7.18. The third-order valence-corrected chi connectivity index (χ3v) is 5.48. The van der Waals surface area contributed by atoms with Crippen LogP contribution in [0.3, 0.4) is 0 Å². The van der Waals surface area contributed by atoms with Crippen molar-refractivity contribution in [2.75, 3.05) is 27.9 Å². The normalized spacial score (nSPS) is 12.6. The topological polar surface area (TPSA) is 73.9 Å². The maximum Gasteiger partial charge on any atom is 0.240 e. The predicted octanol–water partition coefficient (Wildman–Crippen LogP) is 2.68. The van der Waals surface area contributed by atoms with E-state index >= 15 is 0 Å². The largest absolute Gasteiger partial charge is 0.497 e. The average Bonchev–Trinajstić information content (AvgIpc) is 2.62. The summed E-state index contributed by atoms with van der Waals surface area (Å²) < 4.78 is 43.7. The van der Waals surface area contributed by atoms with E-state index in [0.29, 0.717) is 17.1 Å². The molecule has 0 radical (unpaired) electrons. The standard InChI is InChI=1S/C18H23NO5S/c1-13-11-14(22-2)9-10-18(13)25(20,21)19-12-17(24-4)15-7-5-6-8-16(15)23-3/h5-11,17,19H,12H2,1-4H3/t17-/m0/s1. The van der Waals surface area contributed by atoms with Gasteiger partial charge < -0.3 is 14.2 Å². The molecule has 0 aliphatic rings. The lowest BCUT2D eigenvalue weighted by molar-refractivity contribution is 0.105. The van der Waals surface area contributed by atoms with Crippen molar-refractivity contribution in [3.05, 3.63) is 53.6 Å². The zero-order valence-electron chi connectivity index (χ0n) is 14.8. The Bertz CT molecular complexity index is 820. The molecule has 0 aliphatic heterocycles. The quantitative estimate of drug-likeness (QED) is 0.779. The fourth-order valence-electron chi connectivity index (χ4n) is 2.57. The fraction of sp³-hybridized carbons (Fsp3) is 0.333. The molecule has 7 heteroatoms. The highest BCUT2D eigenvalue weighted by Crippen LogP contribution is 2.27. The number of sulfonamides is 1. The minimum atomic E-state index is -3.68. The van der Waals surface area contributed by atoms with Crippen molar-refractivity contribution in [1.82, 2.24) is 4.72 Å². The Kier molecular flexibility index (Phi) is 6.41. The van der Waals surface area contributed by atoms with Crippen LogP contribution >= 0.6 is 0 Å². The molecule has 0 saturated heterocycles. The molecule has 1 atom stereocenters. The van der Waals surface area contributed by atoms with Crippen LogP contribution in [0.2, 0.25) is 0 Å². The van der Waals surface area contributed by atoms with E-state index in [9.17, 15) is 8.42 Å². The monoisotopic (exact) mass is 365 g/mol. The highest BCUT2D eigenvalue weighted by Gasteiger charge is 2.21. The van der Waals surface area contributed by atoms with Crippen LogP contribution in [0.25, 0.3) is 0 Å². The number of hydrogen-bond donors (Lipinski definition) is 1. The van der Waals surface area contributed by atoms with Gasteiger partial charge in [-0.25, -0.2) is 13.1 Å². The first-order chi connectivity index (χ1) is 11.9. The smallest absolute Gasteiger partial charge is 0.240 e. The Labute approximate surface area is 148 Å². The molecule has 6 nitrogen and oxygen atoms in total. The first-order valence-electron chi connectivity index (χ1n) is 7.73. The molecule has 0 spiro atoms. The summed E-state index contributed by atoms with van der Waals surface area (Å²) in [6, 6.07) is 12.2. The van der Waals surface area contributed by atoms with Crippen LogP contribution in [0, 0.1) is 6.92 Å². The van der Waals surface area contributed by atoms with Crippen molar-refractivity contribution in [3.8, 4) is 11.5 Å². The van der Waals surface area contributed by atoms with Gasteiger partial charge >= 0.3 is 0 Å². The number of para-hydroxylation sites is 1.